The highest BCUT2D eigenvalue weighted by molar-refractivity contribution is 7.21. The molecular weight excluding hydrogens is 510 g/mol. The van der Waals surface area contributed by atoms with Gasteiger partial charge in [0.1, 0.15) is 9.71 Å². The molecule has 39 heavy (non-hydrogen) atoms. The molecule has 0 spiro atoms. The van der Waals surface area contributed by atoms with E-state index >= 15 is 0 Å². The lowest BCUT2D eigenvalue weighted by Crippen LogP contribution is -2.49. The molecule has 4 amide bonds. The number of anilines is 3. The predicted octanol–water partition coefficient (Wildman–Crippen LogP) is 5.48. The van der Waals surface area contributed by atoms with Crippen molar-refractivity contribution in [2.75, 3.05) is 23.3 Å². The van der Waals surface area contributed by atoms with Crippen LogP contribution in [0, 0.1) is 0 Å². The Hall–Kier alpha value is -4.50. The molecule has 1 fully saturated rings. The summed E-state index contributed by atoms with van der Waals surface area (Å²) in [6.45, 7) is 4.64. The number of carbonyl (C=O) groups excluding carboxylic acids is 3. The van der Waals surface area contributed by atoms with E-state index in [0.717, 1.165) is 35.9 Å². The largest absolute Gasteiger partial charge is 0.347 e. The molecule has 6 rings (SSSR count). The lowest BCUT2D eigenvalue weighted by Gasteiger charge is -2.32. The molecule has 1 atom stereocenters. The number of aromatic nitrogens is 1. The van der Waals surface area contributed by atoms with Gasteiger partial charge in [-0.2, -0.15) is 0 Å². The summed E-state index contributed by atoms with van der Waals surface area (Å²) in [6.07, 6.45) is 5.34. The lowest BCUT2D eigenvalue weighted by molar-refractivity contribution is -0.127. The van der Waals surface area contributed by atoms with Crippen molar-refractivity contribution in [2.45, 2.75) is 25.3 Å². The van der Waals surface area contributed by atoms with Gasteiger partial charge in [0.2, 0.25) is 5.91 Å². The third-order valence-electron chi connectivity index (χ3n) is 7.14. The minimum atomic E-state index is -0.335. The topological polar surface area (TPSA) is 94.6 Å². The fourth-order valence-electron chi connectivity index (χ4n) is 5.27. The molecule has 4 aromatic rings. The molecule has 196 valence electrons. The number of piperidine rings is 1. The molecular formula is C30H27N5O3S. The van der Waals surface area contributed by atoms with Crippen molar-refractivity contribution in [3.8, 4) is 0 Å². The maximum Gasteiger partial charge on any atom is 0.331 e. The van der Waals surface area contributed by atoms with Crippen LogP contribution < -0.4 is 15.5 Å². The smallest absolute Gasteiger partial charge is 0.331 e. The Morgan fingerprint density at radius 1 is 1.10 bits per heavy atom. The molecule has 2 aromatic heterocycles. The van der Waals surface area contributed by atoms with Gasteiger partial charge in [0, 0.05) is 25.3 Å². The number of thiophene rings is 1. The Bertz CT molecular complexity index is 1580. The first kappa shape index (κ1) is 24.8. The molecule has 4 heterocycles. The van der Waals surface area contributed by atoms with Crippen molar-refractivity contribution in [1.82, 2.24) is 15.2 Å². The molecule has 1 saturated heterocycles. The van der Waals surface area contributed by atoms with E-state index in [1.54, 1.807) is 22.1 Å². The fourth-order valence-corrected chi connectivity index (χ4v) is 6.29. The van der Waals surface area contributed by atoms with Crippen molar-refractivity contribution < 1.29 is 14.4 Å². The number of hydrogen-bond acceptors (Lipinski definition) is 5. The second kappa shape index (κ2) is 10.3. The third kappa shape index (κ3) is 4.77. The highest BCUT2D eigenvalue weighted by Crippen LogP contribution is 2.45. The predicted molar refractivity (Wildman–Crippen MR) is 154 cm³/mol. The van der Waals surface area contributed by atoms with Gasteiger partial charge in [-0.05, 0) is 54.7 Å². The first-order chi connectivity index (χ1) is 19.0. The number of urea groups is 1. The quantitative estimate of drug-likeness (QED) is 0.319. The van der Waals surface area contributed by atoms with E-state index in [-0.39, 0.29) is 23.9 Å². The molecule has 0 unspecified atom stereocenters. The SMILES string of the molecule is C=CC(=O)N1CCC[C@@H](NC(=O)c2sc3nccc4c3c2NC(=O)N4c2ccc(Cc3ccccc3)cc2)C1. The van der Waals surface area contributed by atoms with Gasteiger partial charge in [-0.15, -0.1) is 11.3 Å². The summed E-state index contributed by atoms with van der Waals surface area (Å²) in [6, 6.07) is 19.5. The van der Waals surface area contributed by atoms with Crippen LogP contribution >= 0.6 is 11.3 Å². The van der Waals surface area contributed by atoms with Crippen LogP contribution in [0.3, 0.4) is 0 Å². The number of benzene rings is 2. The number of hydrogen-bond donors (Lipinski definition) is 2. The zero-order chi connectivity index (χ0) is 26.9. The molecule has 0 bridgehead atoms. The van der Waals surface area contributed by atoms with Gasteiger partial charge < -0.3 is 15.5 Å². The average Bonchev–Trinajstić information content (AvgIpc) is 3.33. The number of rotatable bonds is 6. The third-order valence-corrected chi connectivity index (χ3v) is 8.24. The van der Waals surface area contributed by atoms with E-state index in [1.165, 1.54) is 23.0 Å². The summed E-state index contributed by atoms with van der Waals surface area (Å²) < 4.78 is 0. The number of amides is 4. The Balaban J connectivity index is 1.27. The number of likely N-dealkylation sites (tertiary alicyclic amines) is 1. The molecule has 0 saturated carbocycles. The van der Waals surface area contributed by atoms with Gasteiger partial charge in [-0.25, -0.2) is 9.78 Å². The normalized spacial score (nSPS) is 16.6. The number of carbonyl (C=O) groups is 3. The Morgan fingerprint density at radius 3 is 2.64 bits per heavy atom. The first-order valence-corrected chi connectivity index (χ1v) is 13.7. The Labute approximate surface area is 230 Å². The van der Waals surface area contributed by atoms with Crippen molar-refractivity contribution >= 4 is 56.5 Å². The first-order valence-electron chi connectivity index (χ1n) is 12.9. The van der Waals surface area contributed by atoms with E-state index in [0.29, 0.717) is 34.2 Å². The van der Waals surface area contributed by atoms with E-state index < -0.39 is 0 Å². The number of nitrogens with one attached hydrogen (secondary N) is 2. The van der Waals surface area contributed by atoms with Crippen molar-refractivity contribution in [2.24, 2.45) is 0 Å². The van der Waals surface area contributed by atoms with Crippen LogP contribution in [0.15, 0.2) is 79.5 Å². The molecule has 2 aliphatic heterocycles. The van der Waals surface area contributed by atoms with Crippen molar-refractivity contribution in [3.63, 3.8) is 0 Å². The minimum Gasteiger partial charge on any atom is -0.347 e. The zero-order valence-electron chi connectivity index (χ0n) is 21.2. The van der Waals surface area contributed by atoms with Crippen LogP contribution in [-0.2, 0) is 11.2 Å². The highest BCUT2D eigenvalue weighted by atomic mass is 32.1. The summed E-state index contributed by atoms with van der Waals surface area (Å²) >= 11 is 1.25. The van der Waals surface area contributed by atoms with E-state index in [1.807, 2.05) is 42.5 Å². The second-order valence-corrected chi connectivity index (χ2v) is 10.7. The molecule has 8 nitrogen and oxygen atoms in total. The van der Waals surface area contributed by atoms with Crippen LogP contribution in [0.1, 0.15) is 33.6 Å². The van der Waals surface area contributed by atoms with Gasteiger partial charge >= 0.3 is 6.03 Å². The summed E-state index contributed by atoms with van der Waals surface area (Å²) in [4.78, 5) is 47.7. The van der Waals surface area contributed by atoms with E-state index in [2.05, 4.69) is 34.3 Å². The van der Waals surface area contributed by atoms with Gasteiger partial charge in [-0.3, -0.25) is 14.5 Å². The van der Waals surface area contributed by atoms with Crippen molar-refractivity contribution in [3.05, 3.63) is 95.5 Å². The van der Waals surface area contributed by atoms with Gasteiger partial charge in [-0.1, -0.05) is 49.0 Å². The second-order valence-electron chi connectivity index (χ2n) is 9.71. The molecule has 9 heteroatoms. The summed E-state index contributed by atoms with van der Waals surface area (Å²) in [5.41, 5.74) is 4.26. The van der Waals surface area contributed by atoms with E-state index in [9.17, 15) is 14.4 Å². The van der Waals surface area contributed by atoms with Gasteiger partial charge in [0.05, 0.1) is 22.4 Å². The molecule has 2 N–H and O–H groups in total. The summed E-state index contributed by atoms with van der Waals surface area (Å²) in [5, 5.41) is 6.75. The maximum absolute atomic E-state index is 13.4. The lowest BCUT2D eigenvalue weighted by atomic mass is 10.0. The van der Waals surface area contributed by atoms with Gasteiger partial charge in [0.25, 0.3) is 5.91 Å². The molecule has 0 aliphatic carbocycles. The summed E-state index contributed by atoms with van der Waals surface area (Å²) in [7, 11) is 0. The van der Waals surface area contributed by atoms with E-state index in [4.69, 9.17) is 0 Å². The average molecular weight is 538 g/mol. The van der Waals surface area contributed by atoms with Crippen LogP contribution in [0.5, 0.6) is 0 Å². The Kier molecular flexibility index (Phi) is 6.58. The molecule has 2 aromatic carbocycles. The molecule has 2 aliphatic rings. The van der Waals surface area contributed by atoms with Crippen LogP contribution in [0.25, 0.3) is 10.2 Å². The highest BCUT2D eigenvalue weighted by Gasteiger charge is 2.33. The summed E-state index contributed by atoms with van der Waals surface area (Å²) in [5.74, 6) is -0.420. The number of nitrogens with zero attached hydrogens (tertiary/aromatic N) is 3. The maximum atomic E-state index is 13.4. The monoisotopic (exact) mass is 537 g/mol. The minimum absolute atomic E-state index is 0.139. The zero-order valence-corrected chi connectivity index (χ0v) is 22.0. The standard InChI is InChI=1S/C30H27N5O3S/c1-2-24(36)34-16-6-9-21(18-34)32-28(37)27-26-25-23(14-15-31-29(25)39-27)35(30(38)33-26)22-12-10-20(11-13-22)17-19-7-4-3-5-8-19/h2-5,7-8,10-15,21H,1,6,9,16-18H2,(H,32,37)(H,33,38)/t21-/m1/s1. The van der Waals surface area contributed by atoms with Crippen LogP contribution in [0.2, 0.25) is 0 Å². The fraction of sp³-hybridized carbons (Fsp3) is 0.200. The van der Waals surface area contributed by atoms with Crippen molar-refractivity contribution in [1.29, 1.82) is 0 Å². The number of pyridine rings is 1. The Morgan fingerprint density at radius 2 is 1.87 bits per heavy atom. The van der Waals surface area contributed by atoms with Crippen LogP contribution in [-0.4, -0.2) is 46.9 Å². The van der Waals surface area contributed by atoms with Gasteiger partial charge in [0.15, 0.2) is 0 Å². The van der Waals surface area contributed by atoms with Crippen LogP contribution in [0.4, 0.5) is 21.9 Å². The molecule has 0 radical (unpaired) electrons.